The molecule has 0 fully saturated rings. The monoisotopic (exact) mass is 389 g/mol. The Balaban J connectivity index is 1.95. The lowest BCUT2D eigenvalue weighted by atomic mass is 10.2. The van der Waals surface area contributed by atoms with Crippen molar-refractivity contribution in [3.05, 3.63) is 53.8 Å². The van der Waals surface area contributed by atoms with Crippen molar-refractivity contribution in [2.75, 3.05) is 38.3 Å². The van der Waals surface area contributed by atoms with E-state index < -0.39 is 0 Å². The first kappa shape index (κ1) is 18.8. The molecule has 26 heavy (non-hydrogen) atoms. The van der Waals surface area contributed by atoms with Crippen LogP contribution in [0.25, 0.3) is 10.2 Å². The normalized spacial score (nSPS) is 11.3. The molecule has 0 aliphatic heterocycles. The fourth-order valence-electron chi connectivity index (χ4n) is 2.48. The van der Waals surface area contributed by atoms with Crippen LogP contribution in [-0.2, 0) is 0 Å². The summed E-state index contributed by atoms with van der Waals surface area (Å²) < 4.78 is 14.2. The van der Waals surface area contributed by atoms with Gasteiger partial charge < -0.3 is 4.90 Å². The van der Waals surface area contributed by atoms with E-state index in [9.17, 15) is 9.18 Å². The second-order valence-electron chi connectivity index (χ2n) is 6.10. The number of thiazole rings is 1. The maximum Gasteiger partial charge on any atom is 0.260 e. The number of halogens is 1. The molecule has 0 N–H and O–H groups in total. The Kier molecular flexibility index (Phi) is 5.90. The third-order valence-corrected chi connectivity index (χ3v) is 5.71. The molecule has 2 aromatic carbocycles. The van der Waals surface area contributed by atoms with Crippen LogP contribution in [0.1, 0.15) is 10.4 Å². The molecule has 1 heterocycles. The van der Waals surface area contributed by atoms with Crippen LogP contribution in [0.3, 0.4) is 0 Å². The molecule has 4 nitrogen and oxygen atoms in total. The molecule has 0 unspecified atom stereocenters. The number of carbonyl (C=O) groups excluding carboxylic acids is 1. The number of likely N-dealkylation sites (N-methyl/N-ethyl adjacent to an activating group) is 1. The maximum absolute atomic E-state index is 13.5. The van der Waals surface area contributed by atoms with Gasteiger partial charge in [0.2, 0.25) is 0 Å². The first-order valence-electron chi connectivity index (χ1n) is 8.14. The van der Waals surface area contributed by atoms with Gasteiger partial charge in [0.15, 0.2) is 5.13 Å². The lowest BCUT2D eigenvalue weighted by Crippen LogP contribution is -2.36. The number of rotatable bonds is 6. The van der Waals surface area contributed by atoms with Crippen molar-refractivity contribution < 1.29 is 9.18 Å². The Morgan fingerprint density at radius 2 is 1.88 bits per heavy atom. The zero-order valence-electron chi connectivity index (χ0n) is 14.9. The Morgan fingerprint density at radius 3 is 2.54 bits per heavy atom. The molecule has 0 saturated heterocycles. The second-order valence-corrected chi connectivity index (χ2v) is 7.99. The minimum atomic E-state index is -0.300. The van der Waals surface area contributed by atoms with Gasteiger partial charge in [0, 0.05) is 23.5 Å². The van der Waals surface area contributed by atoms with E-state index >= 15 is 0 Å². The van der Waals surface area contributed by atoms with Crippen LogP contribution >= 0.6 is 23.1 Å². The van der Waals surface area contributed by atoms with Crippen molar-refractivity contribution in [2.45, 2.75) is 4.90 Å². The molecule has 0 saturated carbocycles. The second kappa shape index (κ2) is 8.16. The minimum absolute atomic E-state index is 0.0981. The van der Waals surface area contributed by atoms with E-state index in [-0.39, 0.29) is 11.7 Å². The zero-order chi connectivity index (χ0) is 18.7. The Labute approximate surface area is 160 Å². The molecular weight excluding hydrogens is 369 g/mol. The highest BCUT2D eigenvalue weighted by Crippen LogP contribution is 2.30. The molecule has 0 aliphatic rings. The van der Waals surface area contributed by atoms with Crippen molar-refractivity contribution in [1.29, 1.82) is 0 Å². The standard InChI is InChI=1S/C19H20FN3OS2/c1-22(2)10-11-23(18(24)13-4-7-15(25-3)8-5-13)19-21-16-9-6-14(20)12-17(16)26-19/h4-9,12H,10-11H2,1-3H3. The number of amides is 1. The average Bonchev–Trinajstić information content (AvgIpc) is 3.04. The fourth-order valence-corrected chi connectivity index (χ4v) is 3.90. The summed E-state index contributed by atoms with van der Waals surface area (Å²) in [5.41, 5.74) is 1.32. The molecule has 3 rings (SSSR count). The summed E-state index contributed by atoms with van der Waals surface area (Å²) >= 11 is 2.97. The van der Waals surface area contributed by atoms with Crippen LogP contribution in [0.4, 0.5) is 9.52 Å². The van der Waals surface area contributed by atoms with Crippen LogP contribution in [0, 0.1) is 5.82 Å². The van der Waals surface area contributed by atoms with Crippen LogP contribution < -0.4 is 4.90 Å². The number of nitrogens with zero attached hydrogens (tertiary/aromatic N) is 3. The van der Waals surface area contributed by atoms with E-state index in [4.69, 9.17) is 0 Å². The van der Waals surface area contributed by atoms with Gasteiger partial charge in [-0.2, -0.15) is 0 Å². The summed E-state index contributed by atoms with van der Waals surface area (Å²) in [4.78, 5) is 22.4. The molecule has 1 aromatic heterocycles. The highest BCUT2D eigenvalue weighted by Gasteiger charge is 2.21. The first-order valence-corrected chi connectivity index (χ1v) is 10.2. The molecule has 0 atom stereocenters. The van der Waals surface area contributed by atoms with E-state index in [0.717, 1.165) is 9.60 Å². The molecular formula is C19H20FN3OS2. The average molecular weight is 390 g/mol. The quantitative estimate of drug-likeness (QED) is 0.587. The van der Waals surface area contributed by atoms with Crippen LogP contribution in [0.5, 0.6) is 0 Å². The smallest absolute Gasteiger partial charge is 0.260 e. The van der Waals surface area contributed by atoms with Crippen molar-refractivity contribution in [2.24, 2.45) is 0 Å². The topological polar surface area (TPSA) is 36.4 Å². The number of hydrogen-bond acceptors (Lipinski definition) is 5. The summed E-state index contributed by atoms with van der Waals surface area (Å²) in [7, 11) is 3.92. The van der Waals surface area contributed by atoms with Gasteiger partial charge in [-0.3, -0.25) is 9.69 Å². The highest BCUT2D eigenvalue weighted by molar-refractivity contribution is 7.98. The van der Waals surface area contributed by atoms with Gasteiger partial charge in [-0.1, -0.05) is 11.3 Å². The van der Waals surface area contributed by atoms with Crippen molar-refractivity contribution >= 4 is 44.4 Å². The number of fused-ring (bicyclic) bond motifs is 1. The third-order valence-electron chi connectivity index (χ3n) is 3.92. The van der Waals surface area contributed by atoms with Gasteiger partial charge in [-0.05, 0) is 62.8 Å². The first-order chi connectivity index (χ1) is 12.5. The number of aromatic nitrogens is 1. The summed E-state index contributed by atoms with van der Waals surface area (Å²) in [6.45, 7) is 1.22. The van der Waals surface area contributed by atoms with Crippen LogP contribution in [0.15, 0.2) is 47.4 Å². The number of carbonyl (C=O) groups is 1. The van der Waals surface area contributed by atoms with Gasteiger partial charge in [0.1, 0.15) is 5.82 Å². The minimum Gasteiger partial charge on any atom is -0.308 e. The Morgan fingerprint density at radius 1 is 1.15 bits per heavy atom. The van der Waals surface area contributed by atoms with E-state index in [1.54, 1.807) is 22.7 Å². The van der Waals surface area contributed by atoms with E-state index in [0.29, 0.717) is 29.3 Å². The Bertz CT molecular complexity index is 909. The number of anilines is 1. The van der Waals surface area contributed by atoms with Gasteiger partial charge >= 0.3 is 0 Å². The third kappa shape index (κ3) is 4.23. The largest absolute Gasteiger partial charge is 0.308 e. The lowest BCUT2D eigenvalue weighted by Gasteiger charge is -2.22. The Hall–Kier alpha value is -1.96. The number of benzene rings is 2. The summed E-state index contributed by atoms with van der Waals surface area (Å²) in [6.07, 6.45) is 2.00. The van der Waals surface area contributed by atoms with Gasteiger partial charge in [-0.15, -0.1) is 11.8 Å². The SMILES string of the molecule is CSc1ccc(C(=O)N(CCN(C)C)c2nc3ccc(F)cc3s2)cc1. The summed E-state index contributed by atoms with van der Waals surface area (Å²) in [6, 6.07) is 12.0. The predicted molar refractivity (Wildman–Crippen MR) is 108 cm³/mol. The van der Waals surface area contributed by atoms with Crippen LogP contribution in [0.2, 0.25) is 0 Å². The van der Waals surface area contributed by atoms with E-state index in [1.165, 1.54) is 23.5 Å². The van der Waals surface area contributed by atoms with E-state index in [2.05, 4.69) is 4.98 Å². The van der Waals surface area contributed by atoms with Gasteiger partial charge in [-0.25, -0.2) is 9.37 Å². The lowest BCUT2D eigenvalue weighted by molar-refractivity contribution is 0.0985. The predicted octanol–water partition coefficient (Wildman–Crippen LogP) is 4.37. The van der Waals surface area contributed by atoms with Crippen LogP contribution in [-0.4, -0.2) is 49.2 Å². The molecule has 0 aliphatic carbocycles. The zero-order valence-corrected chi connectivity index (χ0v) is 16.5. The molecule has 136 valence electrons. The number of thioether (sulfide) groups is 1. The fraction of sp³-hybridized carbons (Fsp3) is 0.263. The highest BCUT2D eigenvalue weighted by atomic mass is 32.2. The molecule has 0 radical (unpaired) electrons. The molecule has 7 heteroatoms. The molecule has 0 spiro atoms. The van der Waals surface area contributed by atoms with Gasteiger partial charge in [0.25, 0.3) is 5.91 Å². The maximum atomic E-state index is 13.5. The number of hydrogen-bond donors (Lipinski definition) is 0. The van der Waals surface area contributed by atoms with Gasteiger partial charge in [0.05, 0.1) is 10.2 Å². The van der Waals surface area contributed by atoms with E-state index in [1.807, 2.05) is 49.5 Å². The van der Waals surface area contributed by atoms with Crippen molar-refractivity contribution in [1.82, 2.24) is 9.88 Å². The van der Waals surface area contributed by atoms with Crippen molar-refractivity contribution in [3.63, 3.8) is 0 Å². The summed E-state index contributed by atoms with van der Waals surface area (Å²) in [5, 5.41) is 0.589. The summed E-state index contributed by atoms with van der Waals surface area (Å²) in [5.74, 6) is -0.398. The molecule has 3 aromatic rings. The molecule has 1 amide bonds. The molecule has 0 bridgehead atoms. The van der Waals surface area contributed by atoms with Crippen molar-refractivity contribution in [3.8, 4) is 0 Å².